The van der Waals surface area contributed by atoms with Crippen molar-refractivity contribution in [2.24, 2.45) is 23.5 Å². The maximum atomic E-state index is 12.4. The highest BCUT2D eigenvalue weighted by molar-refractivity contribution is 5.85. The Balaban J connectivity index is 0.00000169. The van der Waals surface area contributed by atoms with Gasteiger partial charge in [-0.2, -0.15) is 0 Å². The van der Waals surface area contributed by atoms with E-state index >= 15 is 0 Å². The van der Waals surface area contributed by atoms with Crippen LogP contribution in [0.15, 0.2) is 24.3 Å². The average molecular weight is 404 g/mol. The van der Waals surface area contributed by atoms with Crippen molar-refractivity contribution in [1.29, 1.82) is 0 Å². The molecule has 1 aromatic carbocycles. The molecule has 1 aliphatic carbocycles. The number of carbonyl (C=O) groups is 1. The molecule has 0 bridgehead atoms. The number of ether oxygens (including phenoxy) is 1. The van der Waals surface area contributed by atoms with E-state index < -0.39 is 0 Å². The Kier molecular flexibility index (Phi) is 9.55. The summed E-state index contributed by atoms with van der Waals surface area (Å²) in [5.74, 6) is 2.12. The van der Waals surface area contributed by atoms with Gasteiger partial charge >= 0.3 is 0 Å². The van der Waals surface area contributed by atoms with Crippen molar-refractivity contribution in [3.8, 4) is 5.75 Å². The largest absolute Gasteiger partial charge is 0.495 e. The summed E-state index contributed by atoms with van der Waals surface area (Å²) in [4.78, 5) is 14.8. The molecule has 1 heterocycles. The van der Waals surface area contributed by atoms with Gasteiger partial charge < -0.3 is 20.7 Å². The van der Waals surface area contributed by atoms with Crippen LogP contribution in [0.4, 0.5) is 5.69 Å². The number of nitrogens with zero attached hydrogens (tertiary/aromatic N) is 1. The summed E-state index contributed by atoms with van der Waals surface area (Å²) in [6, 6.07) is 8.13. The van der Waals surface area contributed by atoms with Gasteiger partial charge in [-0.3, -0.25) is 4.79 Å². The first kappa shape index (κ1) is 22.9. The number of amides is 1. The molecule has 1 saturated carbocycles. The molecule has 3 N–H and O–H groups in total. The number of nitrogens with two attached hydrogens (primary N) is 1. The highest BCUT2D eigenvalue weighted by atomic mass is 35.5. The third kappa shape index (κ3) is 5.18. The van der Waals surface area contributed by atoms with Gasteiger partial charge in [-0.05, 0) is 49.8 Å². The van der Waals surface area contributed by atoms with Gasteiger partial charge in [0, 0.05) is 25.6 Å². The molecule has 26 heavy (non-hydrogen) atoms. The molecule has 7 heteroatoms. The minimum absolute atomic E-state index is 0. The SMILES string of the molecule is COc1ccccc1N1CCC(CNC(=O)[C@@H]2CCC[C@@H]2CN)C1.Cl.Cl. The Bertz CT molecular complexity index is 573. The molecule has 3 rings (SSSR count). The lowest BCUT2D eigenvalue weighted by atomic mass is 9.95. The molecule has 2 fully saturated rings. The van der Waals surface area contributed by atoms with Gasteiger partial charge in [0.2, 0.25) is 5.91 Å². The molecule has 1 unspecified atom stereocenters. The summed E-state index contributed by atoms with van der Waals surface area (Å²) in [6.45, 7) is 3.36. The van der Waals surface area contributed by atoms with Crippen molar-refractivity contribution in [2.45, 2.75) is 25.7 Å². The van der Waals surface area contributed by atoms with Crippen LogP contribution < -0.4 is 20.7 Å². The zero-order valence-corrected chi connectivity index (χ0v) is 17.0. The van der Waals surface area contributed by atoms with Crippen LogP contribution in [-0.4, -0.2) is 39.2 Å². The molecule has 1 aromatic rings. The fourth-order valence-corrected chi connectivity index (χ4v) is 4.15. The molecule has 0 aromatic heterocycles. The smallest absolute Gasteiger partial charge is 0.223 e. The maximum Gasteiger partial charge on any atom is 0.223 e. The Morgan fingerprint density at radius 2 is 2.04 bits per heavy atom. The first-order chi connectivity index (χ1) is 11.7. The quantitative estimate of drug-likeness (QED) is 0.765. The Morgan fingerprint density at radius 1 is 1.27 bits per heavy atom. The average Bonchev–Trinajstić information content (AvgIpc) is 3.28. The second-order valence-corrected chi connectivity index (χ2v) is 7.05. The Morgan fingerprint density at radius 3 is 2.77 bits per heavy atom. The Hall–Kier alpha value is -1.17. The number of rotatable bonds is 6. The molecule has 1 saturated heterocycles. The summed E-state index contributed by atoms with van der Waals surface area (Å²) in [7, 11) is 1.71. The number of benzene rings is 1. The zero-order chi connectivity index (χ0) is 16.9. The lowest BCUT2D eigenvalue weighted by Gasteiger charge is -2.22. The number of carbonyl (C=O) groups excluding carboxylic acids is 1. The Labute approximate surface area is 168 Å². The third-order valence-corrected chi connectivity index (χ3v) is 5.58. The molecule has 2 aliphatic rings. The van der Waals surface area contributed by atoms with Gasteiger partial charge in [-0.25, -0.2) is 0 Å². The van der Waals surface area contributed by atoms with Crippen LogP contribution in [-0.2, 0) is 4.79 Å². The van der Waals surface area contributed by atoms with E-state index in [0.29, 0.717) is 18.4 Å². The van der Waals surface area contributed by atoms with Crippen LogP contribution in [0.3, 0.4) is 0 Å². The summed E-state index contributed by atoms with van der Waals surface area (Å²) in [5.41, 5.74) is 6.94. The fraction of sp³-hybridized carbons (Fsp3) is 0.632. The second kappa shape index (κ2) is 10.9. The number of para-hydroxylation sites is 2. The van der Waals surface area contributed by atoms with Gasteiger partial charge in [0.05, 0.1) is 12.8 Å². The minimum atomic E-state index is 0. The molecule has 5 nitrogen and oxygen atoms in total. The van der Waals surface area contributed by atoms with Crippen LogP contribution in [0.2, 0.25) is 0 Å². The number of methoxy groups -OCH3 is 1. The molecule has 1 amide bonds. The summed E-state index contributed by atoms with van der Waals surface area (Å²) in [6.07, 6.45) is 4.32. The first-order valence-electron chi connectivity index (χ1n) is 9.08. The van der Waals surface area contributed by atoms with Crippen molar-refractivity contribution in [3.63, 3.8) is 0 Å². The van der Waals surface area contributed by atoms with Gasteiger partial charge in [0.15, 0.2) is 0 Å². The topological polar surface area (TPSA) is 67.6 Å². The summed E-state index contributed by atoms with van der Waals surface area (Å²) in [5, 5.41) is 3.18. The first-order valence-corrected chi connectivity index (χ1v) is 9.08. The second-order valence-electron chi connectivity index (χ2n) is 7.05. The fourth-order valence-electron chi connectivity index (χ4n) is 4.15. The van der Waals surface area contributed by atoms with E-state index in [-0.39, 0.29) is 36.6 Å². The summed E-state index contributed by atoms with van der Waals surface area (Å²) >= 11 is 0. The number of nitrogens with one attached hydrogen (secondary N) is 1. The lowest BCUT2D eigenvalue weighted by Crippen LogP contribution is -2.38. The van der Waals surface area contributed by atoms with E-state index in [4.69, 9.17) is 10.5 Å². The number of halogens is 2. The number of hydrogen-bond donors (Lipinski definition) is 2. The van der Waals surface area contributed by atoms with E-state index in [1.165, 1.54) is 0 Å². The van der Waals surface area contributed by atoms with E-state index in [1.54, 1.807) is 7.11 Å². The molecular formula is C19H31Cl2N3O2. The van der Waals surface area contributed by atoms with E-state index in [1.807, 2.05) is 18.2 Å². The van der Waals surface area contributed by atoms with Crippen LogP contribution in [0.25, 0.3) is 0 Å². The van der Waals surface area contributed by atoms with Crippen molar-refractivity contribution in [1.82, 2.24) is 5.32 Å². The monoisotopic (exact) mass is 403 g/mol. The van der Waals surface area contributed by atoms with E-state index in [9.17, 15) is 4.79 Å². The van der Waals surface area contributed by atoms with Crippen molar-refractivity contribution in [3.05, 3.63) is 24.3 Å². The number of hydrogen-bond acceptors (Lipinski definition) is 4. The molecule has 0 radical (unpaired) electrons. The van der Waals surface area contributed by atoms with Crippen molar-refractivity contribution < 1.29 is 9.53 Å². The standard InChI is InChI=1S/C19H29N3O2.2ClH/c1-24-18-8-3-2-7-17(18)22-10-9-14(13-22)12-21-19(23)16-6-4-5-15(16)11-20;;/h2-3,7-8,14-16H,4-6,9-13,20H2,1H3,(H,21,23);2*1H/t14?,15-,16-;;/m1../s1. The highest BCUT2D eigenvalue weighted by Gasteiger charge is 2.32. The number of anilines is 1. The van der Waals surface area contributed by atoms with Gasteiger partial charge in [0.1, 0.15) is 5.75 Å². The van der Waals surface area contributed by atoms with Crippen LogP contribution in [0.5, 0.6) is 5.75 Å². The van der Waals surface area contributed by atoms with E-state index in [2.05, 4.69) is 16.3 Å². The molecule has 1 aliphatic heterocycles. The van der Waals surface area contributed by atoms with Crippen molar-refractivity contribution >= 4 is 36.4 Å². The summed E-state index contributed by atoms with van der Waals surface area (Å²) < 4.78 is 5.46. The molecule has 3 atom stereocenters. The predicted octanol–water partition coefficient (Wildman–Crippen LogP) is 2.86. The van der Waals surface area contributed by atoms with Gasteiger partial charge in [-0.1, -0.05) is 18.6 Å². The lowest BCUT2D eigenvalue weighted by molar-refractivity contribution is -0.126. The highest BCUT2D eigenvalue weighted by Crippen LogP contribution is 2.33. The van der Waals surface area contributed by atoms with Crippen LogP contribution >= 0.6 is 24.8 Å². The normalized spacial score (nSPS) is 24.5. The maximum absolute atomic E-state index is 12.4. The van der Waals surface area contributed by atoms with E-state index in [0.717, 1.165) is 56.8 Å². The minimum Gasteiger partial charge on any atom is -0.495 e. The van der Waals surface area contributed by atoms with Crippen molar-refractivity contribution in [2.75, 3.05) is 38.2 Å². The van der Waals surface area contributed by atoms with Gasteiger partial charge in [0.25, 0.3) is 0 Å². The van der Waals surface area contributed by atoms with Crippen LogP contribution in [0.1, 0.15) is 25.7 Å². The molecule has 0 spiro atoms. The predicted molar refractivity (Wildman–Crippen MR) is 111 cm³/mol. The molecular weight excluding hydrogens is 373 g/mol. The van der Waals surface area contributed by atoms with Crippen LogP contribution in [0, 0.1) is 17.8 Å². The molecule has 148 valence electrons. The van der Waals surface area contributed by atoms with Gasteiger partial charge in [-0.15, -0.1) is 24.8 Å². The zero-order valence-electron chi connectivity index (χ0n) is 15.4. The third-order valence-electron chi connectivity index (χ3n) is 5.58.